The van der Waals surface area contributed by atoms with Crippen LogP contribution in [0.4, 0.5) is 0 Å². The fourth-order valence-corrected chi connectivity index (χ4v) is 5.75. The summed E-state index contributed by atoms with van der Waals surface area (Å²) in [7, 11) is -3.15. The van der Waals surface area contributed by atoms with Crippen molar-refractivity contribution in [2.45, 2.75) is 64.5 Å². The molecule has 0 N–H and O–H groups in total. The third-order valence-electron chi connectivity index (χ3n) is 6.42. The Morgan fingerprint density at radius 3 is 2.20 bits per heavy atom. The second kappa shape index (κ2) is 8.25. The van der Waals surface area contributed by atoms with Crippen LogP contribution in [0.15, 0.2) is 18.2 Å². The predicted octanol–water partition coefficient (Wildman–Crippen LogP) is 3.43. The van der Waals surface area contributed by atoms with E-state index in [0.29, 0.717) is 30.5 Å². The molecule has 30 heavy (non-hydrogen) atoms. The highest BCUT2D eigenvalue weighted by Crippen LogP contribution is 2.33. The number of sulfone groups is 1. The van der Waals surface area contributed by atoms with Gasteiger partial charge in [-0.25, -0.2) is 8.42 Å². The molecule has 1 aromatic carbocycles. The monoisotopic (exact) mass is 433 g/mol. The van der Waals surface area contributed by atoms with E-state index >= 15 is 0 Å². The minimum absolute atomic E-state index is 0.0729. The van der Waals surface area contributed by atoms with Crippen molar-refractivity contribution in [3.05, 3.63) is 34.9 Å². The van der Waals surface area contributed by atoms with E-state index in [0.717, 1.165) is 18.4 Å². The maximum atomic E-state index is 12.8. The number of carbonyl (C=O) groups is 3. The first-order valence-corrected chi connectivity index (χ1v) is 12.3. The highest BCUT2D eigenvalue weighted by atomic mass is 32.2. The summed E-state index contributed by atoms with van der Waals surface area (Å²) in [5.41, 5.74) is 1.53. The Bertz CT molecular complexity index is 966. The third-order valence-corrected chi connectivity index (χ3v) is 9.20. The molecule has 1 aliphatic carbocycles. The summed E-state index contributed by atoms with van der Waals surface area (Å²) in [6.45, 7) is 7.27. The van der Waals surface area contributed by atoms with Gasteiger partial charge in [-0.05, 0) is 77.0 Å². The van der Waals surface area contributed by atoms with Gasteiger partial charge in [0.1, 0.15) is 5.78 Å². The number of ketones is 1. The van der Waals surface area contributed by atoms with Crippen LogP contribution in [0.5, 0.6) is 0 Å². The molecule has 3 rings (SSSR count). The highest BCUT2D eigenvalue weighted by Gasteiger charge is 2.36. The molecule has 0 saturated heterocycles. The molecule has 0 bridgehead atoms. The quantitative estimate of drug-likeness (QED) is 0.641. The minimum Gasteiger partial charge on any atom is -0.299 e. The van der Waals surface area contributed by atoms with Crippen molar-refractivity contribution in [3.8, 4) is 0 Å². The average Bonchev–Trinajstić information content (AvgIpc) is 2.90. The molecule has 1 aliphatic heterocycles. The molecule has 1 fully saturated rings. The molecule has 0 spiro atoms. The summed E-state index contributed by atoms with van der Waals surface area (Å²) in [6, 6.07) is 5.06. The van der Waals surface area contributed by atoms with Crippen LogP contribution in [0.3, 0.4) is 0 Å². The van der Waals surface area contributed by atoms with Crippen molar-refractivity contribution in [2.75, 3.05) is 12.3 Å². The number of carbonyl (C=O) groups excluding carboxylic acids is 3. The van der Waals surface area contributed by atoms with Crippen molar-refractivity contribution < 1.29 is 22.8 Å². The van der Waals surface area contributed by atoms with Crippen molar-refractivity contribution in [3.63, 3.8) is 0 Å². The summed E-state index contributed by atoms with van der Waals surface area (Å²) in [6.07, 6.45) is 3.13. The van der Waals surface area contributed by atoms with E-state index in [1.54, 1.807) is 45.9 Å². The van der Waals surface area contributed by atoms with E-state index in [1.165, 1.54) is 4.90 Å². The molecule has 0 atom stereocenters. The van der Waals surface area contributed by atoms with Crippen molar-refractivity contribution >= 4 is 27.4 Å². The van der Waals surface area contributed by atoms with Crippen LogP contribution < -0.4 is 0 Å². The zero-order chi connectivity index (χ0) is 22.3. The lowest BCUT2D eigenvalue weighted by Gasteiger charge is -2.30. The minimum atomic E-state index is -3.15. The number of hydrogen-bond acceptors (Lipinski definition) is 5. The van der Waals surface area contributed by atoms with E-state index in [2.05, 4.69) is 0 Å². The zero-order valence-corrected chi connectivity index (χ0v) is 19.0. The number of hydrogen-bond donors (Lipinski definition) is 0. The van der Waals surface area contributed by atoms with Crippen molar-refractivity contribution in [1.82, 2.24) is 4.90 Å². The van der Waals surface area contributed by atoms with Crippen molar-refractivity contribution in [2.24, 2.45) is 11.8 Å². The van der Waals surface area contributed by atoms with Crippen LogP contribution in [-0.2, 0) is 21.1 Å². The zero-order valence-electron chi connectivity index (χ0n) is 18.2. The van der Waals surface area contributed by atoms with Gasteiger partial charge in [0.05, 0.1) is 21.6 Å². The summed E-state index contributed by atoms with van der Waals surface area (Å²) in [4.78, 5) is 38.6. The SMILES string of the molecule is CCN1C(=O)c2ccc(CC(=O)C3CCC(CS(=O)(=O)C(C)(C)C)CC3)cc2C1=O. The molecule has 0 radical (unpaired) electrons. The largest absolute Gasteiger partial charge is 0.299 e. The van der Waals surface area contributed by atoms with Crippen molar-refractivity contribution in [1.29, 1.82) is 0 Å². The van der Waals surface area contributed by atoms with Gasteiger partial charge in [-0.1, -0.05) is 6.07 Å². The smallest absolute Gasteiger partial charge is 0.261 e. The molecule has 1 heterocycles. The van der Waals surface area contributed by atoms with E-state index < -0.39 is 14.6 Å². The lowest BCUT2D eigenvalue weighted by atomic mass is 9.79. The molecule has 0 unspecified atom stereocenters. The number of benzene rings is 1. The van der Waals surface area contributed by atoms with Gasteiger partial charge < -0.3 is 0 Å². The summed E-state index contributed by atoms with van der Waals surface area (Å²) < 4.78 is 24.1. The molecular weight excluding hydrogens is 402 g/mol. The molecule has 2 amide bonds. The number of imide groups is 1. The van der Waals surface area contributed by atoms with Gasteiger partial charge in [-0.15, -0.1) is 0 Å². The molecule has 2 aliphatic rings. The van der Waals surface area contributed by atoms with E-state index in [-0.39, 0.29) is 41.6 Å². The molecule has 0 aromatic heterocycles. The number of amides is 2. The Balaban J connectivity index is 1.59. The molecule has 164 valence electrons. The Kier molecular flexibility index (Phi) is 6.23. The maximum Gasteiger partial charge on any atom is 0.261 e. The predicted molar refractivity (Wildman–Crippen MR) is 115 cm³/mol. The summed E-state index contributed by atoms with van der Waals surface area (Å²) in [5, 5.41) is 0. The number of Topliss-reactive ketones (excluding diaryl/α,β-unsaturated/α-hetero) is 1. The Hall–Kier alpha value is -2.02. The van der Waals surface area contributed by atoms with Gasteiger partial charge in [-0.3, -0.25) is 19.3 Å². The van der Waals surface area contributed by atoms with Gasteiger partial charge in [0.15, 0.2) is 9.84 Å². The summed E-state index contributed by atoms with van der Waals surface area (Å²) in [5.74, 6) is -0.229. The fraction of sp³-hybridized carbons (Fsp3) is 0.609. The van der Waals surface area contributed by atoms with Crippen LogP contribution >= 0.6 is 0 Å². The molecule has 6 nitrogen and oxygen atoms in total. The standard InChI is InChI=1S/C23H31NO5S/c1-5-24-21(26)18-11-8-16(12-19(18)22(24)27)13-20(25)17-9-6-15(7-10-17)14-30(28,29)23(2,3)4/h8,11-12,15,17H,5-7,9-10,13-14H2,1-4H3. The Morgan fingerprint density at radius 1 is 1.03 bits per heavy atom. The van der Waals surface area contributed by atoms with Crippen LogP contribution in [0.2, 0.25) is 0 Å². The lowest BCUT2D eigenvalue weighted by molar-refractivity contribution is -0.123. The van der Waals surface area contributed by atoms with Gasteiger partial charge in [-0.2, -0.15) is 0 Å². The van der Waals surface area contributed by atoms with Crippen LogP contribution in [0.1, 0.15) is 79.7 Å². The fourth-order valence-electron chi connectivity index (χ4n) is 4.29. The van der Waals surface area contributed by atoms with Gasteiger partial charge in [0, 0.05) is 18.9 Å². The molecule has 7 heteroatoms. The molecular formula is C23H31NO5S. The number of fused-ring (bicyclic) bond motifs is 1. The molecule has 1 aromatic rings. The average molecular weight is 434 g/mol. The highest BCUT2D eigenvalue weighted by molar-refractivity contribution is 7.92. The first-order valence-electron chi connectivity index (χ1n) is 10.7. The van der Waals surface area contributed by atoms with Gasteiger partial charge in [0.2, 0.25) is 0 Å². The summed E-state index contributed by atoms with van der Waals surface area (Å²) >= 11 is 0. The Labute approximate surface area is 178 Å². The molecule has 1 saturated carbocycles. The number of nitrogens with zero attached hydrogens (tertiary/aromatic N) is 1. The van der Waals surface area contributed by atoms with Gasteiger partial charge in [0.25, 0.3) is 11.8 Å². The second-order valence-corrected chi connectivity index (χ2v) is 12.3. The van der Waals surface area contributed by atoms with E-state index in [9.17, 15) is 22.8 Å². The first-order chi connectivity index (χ1) is 13.9. The van der Waals surface area contributed by atoms with E-state index in [4.69, 9.17) is 0 Å². The normalized spacial score (nSPS) is 22.3. The van der Waals surface area contributed by atoms with E-state index in [1.807, 2.05) is 0 Å². The van der Waals surface area contributed by atoms with Crippen LogP contribution in [-0.4, -0.2) is 48.0 Å². The number of rotatable bonds is 6. The topological polar surface area (TPSA) is 88.6 Å². The lowest BCUT2D eigenvalue weighted by Crippen LogP contribution is -2.35. The Morgan fingerprint density at radius 2 is 1.63 bits per heavy atom. The first kappa shape index (κ1) is 22.7. The maximum absolute atomic E-state index is 12.8. The van der Waals surface area contributed by atoms with Gasteiger partial charge >= 0.3 is 0 Å². The third kappa shape index (κ3) is 4.36. The van der Waals surface area contributed by atoms with Crippen LogP contribution in [0, 0.1) is 11.8 Å². The van der Waals surface area contributed by atoms with Crippen LogP contribution in [0.25, 0.3) is 0 Å². The second-order valence-electron chi connectivity index (χ2n) is 9.49.